The van der Waals surface area contributed by atoms with E-state index in [0.717, 1.165) is 6.42 Å². The number of unbranched alkanes of at least 4 members (excludes halogenated alkanes) is 6. The van der Waals surface area contributed by atoms with Crippen molar-refractivity contribution in [2.75, 3.05) is 0 Å². The van der Waals surface area contributed by atoms with Crippen molar-refractivity contribution in [2.24, 2.45) is 0 Å². The maximum atomic E-state index is 3.60. The molecule has 1 heteroatoms. The van der Waals surface area contributed by atoms with Crippen LogP contribution in [0.4, 0.5) is 0 Å². The first-order valence-electron chi connectivity index (χ1n) is 5.44. The fourth-order valence-electron chi connectivity index (χ4n) is 0.697. The molecule has 0 N–H and O–H groups in total. The Morgan fingerprint density at radius 2 is 1.46 bits per heavy atom. The van der Waals surface area contributed by atoms with E-state index in [1.807, 2.05) is 0 Å². The summed E-state index contributed by atoms with van der Waals surface area (Å²) in [5, 5.41) is 0. The Balaban J connectivity index is -0.000000173. The van der Waals surface area contributed by atoms with E-state index >= 15 is 0 Å². The van der Waals surface area contributed by atoms with Crippen LogP contribution in [0, 0.1) is 13.3 Å². The Morgan fingerprint density at radius 1 is 0.923 bits per heavy atom. The van der Waals surface area contributed by atoms with Gasteiger partial charge in [0.05, 0.1) is 0 Å². The van der Waals surface area contributed by atoms with E-state index in [2.05, 4.69) is 34.1 Å². The minimum Gasteiger partial charge on any atom is -0.343 e. The number of hydrogen-bond donors (Lipinski definition) is 0. The standard InChI is InChI=1S/C8H17.C4H9.Mg/c1-3-5-7-8-6-4-2;1-3-4-2;/h7H,3-6,8H2,1-2H3;1,3-4H2,2H3;/q2*-1;+2. The average molecular weight is 195 g/mol. The largest absolute Gasteiger partial charge is 2.00 e. The van der Waals surface area contributed by atoms with Crippen LogP contribution in [0.1, 0.15) is 65.7 Å². The van der Waals surface area contributed by atoms with Gasteiger partial charge in [-0.2, -0.15) is 19.3 Å². The van der Waals surface area contributed by atoms with Gasteiger partial charge in [0.2, 0.25) is 0 Å². The third kappa shape index (κ3) is 32.3. The predicted molar refractivity (Wildman–Crippen MR) is 64.8 cm³/mol. The van der Waals surface area contributed by atoms with Crippen LogP contribution in [-0.4, -0.2) is 23.1 Å². The molecule has 0 aliphatic heterocycles. The summed E-state index contributed by atoms with van der Waals surface area (Å²) in [6, 6.07) is 0. The van der Waals surface area contributed by atoms with E-state index in [0.29, 0.717) is 0 Å². The normalized spacial score (nSPS) is 8.31. The molecule has 0 unspecified atom stereocenters. The summed E-state index contributed by atoms with van der Waals surface area (Å²) in [6.07, 6.45) is 11.3. The maximum Gasteiger partial charge on any atom is 2.00 e. The van der Waals surface area contributed by atoms with Crippen molar-refractivity contribution >= 4 is 23.1 Å². The zero-order chi connectivity index (χ0) is 9.66. The first-order valence-corrected chi connectivity index (χ1v) is 5.44. The smallest absolute Gasteiger partial charge is 0.343 e. The molecular formula is C12H26Mg. The molecule has 0 saturated heterocycles. The molecule has 0 spiro atoms. The molecule has 0 bridgehead atoms. The second kappa shape index (κ2) is 23.0. The molecular weight excluding hydrogens is 168 g/mol. The van der Waals surface area contributed by atoms with Gasteiger partial charge < -0.3 is 13.3 Å². The van der Waals surface area contributed by atoms with E-state index in [4.69, 9.17) is 0 Å². The van der Waals surface area contributed by atoms with Crippen molar-refractivity contribution in [1.82, 2.24) is 0 Å². The van der Waals surface area contributed by atoms with E-state index in [-0.39, 0.29) is 23.1 Å². The molecule has 0 aromatic carbocycles. The third-order valence-electron chi connectivity index (χ3n) is 1.61. The quantitative estimate of drug-likeness (QED) is 0.334. The number of hydrogen-bond acceptors (Lipinski definition) is 0. The van der Waals surface area contributed by atoms with Crippen molar-refractivity contribution in [3.05, 3.63) is 13.3 Å². The molecule has 0 aromatic rings. The Kier molecular flexibility index (Phi) is 34.2. The summed E-state index contributed by atoms with van der Waals surface area (Å²) in [4.78, 5) is 0. The van der Waals surface area contributed by atoms with E-state index in [1.54, 1.807) is 0 Å². The molecule has 13 heavy (non-hydrogen) atoms. The molecule has 76 valence electrons. The van der Waals surface area contributed by atoms with Crippen LogP contribution in [0.5, 0.6) is 0 Å². The van der Waals surface area contributed by atoms with Crippen LogP contribution in [-0.2, 0) is 0 Å². The zero-order valence-corrected chi connectivity index (χ0v) is 11.4. The van der Waals surface area contributed by atoms with Crippen molar-refractivity contribution in [2.45, 2.75) is 65.7 Å². The minimum atomic E-state index is 0. The minimum absolute atomic E-state index is 0. The second-order valence-corrected chi connectivity index (χ2v) is 3.07. The summed E-state index contributed by atoms with van der Waals surface area (Å²) in [6.45, 7) is 10.2. The third-order valence-corrected chi connectivity index (χ3v) is 1.61. The van der Waals surface area contributed by atoms with Crippen LogP contribution >= 0.6 is 0 Å². The molecule has 0 radical (unpaired) electrons. The summed E-state index contributed by atoms with van der Waals surface area (Å²) in [7, 11) is 0. The van der Waals surface area contributed by atoms with Crippen LogP contribution in [0.3, 0.4) is 0 Å². The van der Waals surface area contributed by atoms with Crippen molar-refractivity contribution in [3.8, 4) is 0 Å². The number of rotatable bonds is 6. The fraction of sp³-hybridized carbons (Fsp3) is 0.833. The van der Waals surface area contributed by atoms with E-state index < -0.39 is 0 Å². The Morgan fingerprint density at radius 3 is 1.77 bits per heavy atom. The Bertz CT molecular complexity index is 45.1. The fourth-order valence-corrected chi connectivity index (χ4v) is 0.697. The molecule has 0 aliphatic rings. The van der Waals surface area contributed by atoms with Gasteiger partial charge in [0, 0.05) is 0 Å². The molecule has 0 heterocycles. The Labute approximate surface area is 102 Å². The molecule has 0 rings (SSSR count). The molecule has 0 aliphatic carbocycles. The maximum absolute atomic E-state index is 3.60. The van der Waals surface area contributed by atoms with Gasteiger partial charge in [-0.1, -0.05) is 46.5 Å². The van der Waals surface area contributed by atoms with Crippen LogP contribution in [0.2, 0.25) is 0 Å². The monoisotopic (exact) mass is 194 g/mol. The topological polar surface area (TPSA) is 0 Å². The van der Waals surface area contributed by atoms with Gasteiger partial charge in [-0.05, 0) is 0 Å². The summed E-state index contributed by atoms with van der Waals surface area (Å²) < 4.78 is 0. The zero-order valence-electron chi connectivity index (χ0n) is 9.94. The molecule has 0 atom stereocenters. The van der Waals surface area contributed by atoms with Crippen LogP contribution in [0.25, 0.3) is 0 Å². The van der Waals surface area contributed by atoms with Crippen LogP contribution < -0.4 is 0 Å². The summed E-state index contributed by atoms with van der Waals surface area (Å²) >= 11 is 0. The molecule has 0 fully saturated rings. The summed E-state index contributed by atoms with van der Waals surface area (Å²) in [5.41, 5.74) is 0. The van der Waals surface area contributed by atoms with E-state index in [9.17, 15) is 0 Å². The predicted octanol–water partition coefficient (Wildman–Crippen LogP) is 4.42. The van der Waals surface area contributed by atoms with E-state index in [1.165, 1.54) is 38.5 Å². The second-order valence-electron chi connectivity index (χ2n) is 3.07. The molecule has 0 aromatic heterocycles. The van der Waals surface area contributed by atoms with Crippen molar-refractivity contribution in [1.29, 1.82) is 0 Å². The molecule has 0 amide bonds. The summed E-state index contributed by atoms with van der Waals surface area (Å²) in [5.74, 6) is 0. The van der Waals surface area contributed by atoms with Crippen molar-refractivity contribution < 1.29 is 0 Å². The van der Waals surface area contributed by atoms with Crippen molar-refractivity contribution in [3.63, 3.8) is 0 Å². The molecule has 0 saturated carbocycles. The van der Waals surface area contributed by atoms with Gasteiger partial charge in [-0.15, -0.1) is 0 Å². The average Bonchev–Trinajstić information content (AvgIpc) is 2.13. The molecule has 0 nitrogen and oxygen atoms in total. The van der Waals surface area contributed by atoms with Crippen LogP contribution in [0.15, 0.2) is 0 Å². The SMILES string of the molecule is CCC[CH-]CCCC.[CH2-]CCC.[Mg+2]. The first-order chi connectivity index (χ1) is 5.83. The van der Waals surface area contributed by atoms with Gasteiger partial charge in [-0.3, -0.25) is 0 Å². The first kappa shape index (κ1) is 19.4. The Hall–Kier alpha value is 0.766. The van der Waals surface area contributed by atoms with Gasteiger partial charge >= 0.3 is 23.1 Å². The van der Waals surface area contributed by atoms with Gasteiger partial charge in [0.15, 0.2) is 0 Å². The van der Waals surface area contributed by atoms with Gasteiger partial charge in [-0.25, -0.2) is 0 Å². The van der Waals surface area contributed by atoms with Gasteiger partial charge in [0.1, 0.15) is 0 Å². The van der Waals surface area contributed by atoms with Gasteiger partial charge in [0.25, 0.3) is 0 Å².